The second kappa shape index (κ2) is 9.74. The zero-order valence-electron chi connectivity index (χ0n) is 14.9. The van der Waals surface area contributed by atoms with Crippen LogP contribution in [-0.4, -0.2) is 36.8 Å². The highest BCUT2D eigenvalue weighted by atomic mass is 16.5. The van der Waals surface area contributed by atoms with Gasteiger partial charge in [0.25, 0.3) is 5.91 Å². The van der Waals surface area contributed by atoms with Gasteiger partial charge in [-0.2, -0.15) is 0 Å². The Balaban J connectivity index is 1.98. The lowest BCUT2D eigenvalue weighted by molar-refractivity contribution is 0.0453. The van der Waals surface area contributed by atoms with Crippen LogP contribution in [0.3, 0.4) is 0 Å². The highest BCUT2D eigenvalue weighted by molar-refractivity contribution is 6.04. The summed E-state index contributed by atoms with van der Waals surface area (Å²) in [5, 5.41) is 11.8. The van der Waals surface area contributed by atoms with Gasteiger partial charge in [-0.15, -0.1) is 0 Å². The lowest BCUT2D eigenvalue weighted by Crippen LogP contribution is -2.11. The fraction of sp³-hybridized carbons (Fsp3) is 0.368. The molecular formula is C19H23NO6. The van der Waals surface area contributed by atoms with E-state index in [-0.39, 0.29) is 17.1 Å². The first-order chi connectivity index (χ1) is 12.5. The Morgan fingerprint density at radius 3 is 2.58 bits per heavy atom. The van der Waals surface area contributed by atoms with Crippen molar-refractivity contribution in [3.05, 3.63) is 53.0 Å². The number of carboxylic acids is 1. The van der Waals surface area contributed by atoms with Gasteiger partial charge in [-0.05, 0) is 24.6 Å². The fourth-order valence-electron chi connectivity index (χ4n) is 2.37. The number of ether oxygens (including phenoxy) is 2. The third-order valence-electron chi connectivity index (χ3n) is 3.61. The normalized spacial score (nSPS) is 10.7. The smallest absolute Gasteiger partial charge is 0.339 e. The fourth-order valence-corrected chi connectivity index (χ4v) is 2.37. The molecule has 2 aromatic rings. The largest absolute Gasteiger partial charge is 0.478 e. The van der Waals surface area contributed by atoms with Gasteiger partial charge in [0, 0.05) is 24.8 Å². The third kappa shape index (κ3) is 5.44. The Kier molecular flexibility index (Phi) is 7.37. The number of nitrogens with one attached hydrogen (secondary N) is 1. The van der Waals surface area contributed by atoms with E-state index in [4.69, 9.17) is 19.0 Å². The summed E-state index contributed by atoms with van der Waals surface area (Å²) in [5.41, 5.74) is 1.49. The number of furan rings is 1. The van der Waals surface area contributed by atoms with Crippen LogP contribution in [0.1, 0.15) is 46.1 Å². The van der Waals surface area contributed by atoms with E-state index in [1.54, 1.807) is 25.1 Å². The van der Waals surface area contributed by atoms with Crippen molar-refractivity contribution in [2.75, 3.05) is 25.1 Å². The van der Waals surface area contributed by atoms with Crippen molar-refractivity contribution in [1.82, 2.24) is 0 Å². The Morgan fingerprint density at radius 1 is 1.15 bits per heavy atom. The van der Waals surface area contributed by atoms with Crippen LogP contribution in [0, 0.1) is 0 Å². The van der Waals surface area contributed by atoms with Gasteiger partial charge in [0.15, 0.2) is 5.76 Å². The van der Waals surface area contributed by atoms with Crippen LogP contribution < -0.4 is 5.32 Å². The number of hydrogen-bond acceptors (Lipinski definition) is 5. The maximum absolute atomic E-state index is 12.3. The van der Waals surface area contributed by atoms with Crippen molar-refractivity contribution in [3.8, 4) is 0 Å². The summed E-state index contributed by atoms with van der Waals surface area (Å²) in [6, 6.07) is 8.47. The maximum Gasteiger partial charge on any atom is 0.339 e. The molecule has 0 saturated heterocycles. The molecule has 1 heterocycles. The van der Waals surface area contributed by atoms with E-state index in [1.807, 2.05) is 13.0 Å². The van der Waals surface area contributed by atoms with Gasteiger partial charge < -0.3 is 24.3 Å². The maximum atomic E-state index is 12.3. The number of benzene rings is 1. The number of carbonyl (C=O) groups is 2. The summed E-state index contributed by atoms with van der Waals surface area (Å²) in [6.07, 6.45) is 0.392. The zero-order valence-corrected chi connectivity index (χ0v) is 14.9. The Morgan fingerprint density at radius 2 is 1.92 bits per heavy atom. The number of hydrogen-bond donors (Lipinski definition) is 2. The van der Waals surface area contributed by atoms with Crippen molar-refractivity contribution in [1.29, 1.82) is 0 Å². The van der Waals surface area contributed by atoms with Gasteiger partial charge in [0.1, 0.15) is 11.3 Å². The molecule has 26 heavy (non-hydrogen) atoms. The van der Waals surface area contributed by atoms with Crippen LogP contribution in [0.25, 0.3) is 0 Å². The lowest BCUT2D eigenvalue weighted by atomic mass is 10.2. The van der Waals surface area contributed by atoms with Gasteiger partial charge in [0.2, 0.25) is 0 Å². The predicted molar refractivity (Wildman–Crippen MR) is 95.6 cm³/mol. The van der Waals surface area contributed by atoms with Crippen LogP contribution in [0.4, 0.5) is 5.69 Å². The molecule has 0 bridgehead atoms. The molecule has 0 radical (unpaired) electrons. The number of aromatic carboxylic acids is 1. The summed E-state index contributed by atoms with van der Waals surface area (Å²) in [4.78, 5) is 23.5. The first kappa shape index (κ1) is 19.7. The highest BCUT2D eigenvalue weighted by Gasteiger charge is 2.20. The molecule has 0 fully saturated rings. The summed E-state index contributed by atoms with van der Waals surface area (Å²) in [5.74, 6) is -1.37. The molecule has 0 aliphatic carbocycles. The molecule has 0 saturated carbocycles. The molecule has 7 nitrogen and oxygen atoms in total. The van der Waals surface area contributed by atoms with Gasteiger partial charge in [-0.1, -0.05) is 19.1 Å². The quantitative estimate of drug-likeness (QED) is 0.630. The van der Waals surface area contributed by atoms with Gasteiger partial charge in [0.05, 0.1) is 19.8 Å². The first-order valence-electron chi connectivity index (χ1n) is 8.46. The number of carbonyl (C=O) groups excluding carboxylic acids is 1. The molecule has 140 valence electrons. The minimum absolute atomic E-state index is 0.00842. The Labute approximate surface area is 151 Å². The van der Waals surface area contributed by atoms with Crippen molar-refractivity contribution < 1.29 is 28.6 Å². The number of anilines is 1. The van der Waals surface area contributed by atoms with E-state index in [1.165, 1.54) is 6.07 Å². The van der Waals surface area contributed by atoms with Crippen LogP contribution in [0.15, 0.2) is 34.7 Å². The average molecular weight is 361 g/mol. The van der Waals surface area contributed by atoms with Gasteiger partial charge in [-0.25, -0.2) is 4.79 Å². The van der Waals surface area contributed by atoms with Gasteiger partial charge in [-0.3, -0.25) is 4.79 Å². The predicted octanol–water partition coefficient (Wildman–Crippen LogP) is 3.35. The number of amides is 1. The Bertz CT molecular complexity index is 752. The average Bonchev–Trinajstić information content (AvgIpc) is 3.07. The summed E-state index contributed by atoms with van der Waals surface area (Å²) in [7, 11) is 0. The van der Waals surface area contributed by atoms with E-state index < -0.39 is 11.9 Å². The number of carboxylic acid groups (broad SMARTS) is 1. The summed E-state index contributed by atoms with van der Waals surface area (Å²) >= 11 is 0. The van der Waals surface area contributed by atoms with E-state index in [9.17, 15) is 9.59 Å². The van der Waals surface area contributed by atoms with Crippen molar-refractivity contribution in [2.24, 2.45) is 0 Å². The van der Waals surface area contributed by atoms with E-state index in [2.05, 4.69) is 5.32 Å². The Hall–Kier alpha value is -2.64. The molecule has 1 aromatic heterocycles. The second-order valence-corrected chi connectivity index (χ2v) is 5.51. The van der Waals surface area contributed by atoms with Crippen molar-refractivity contribution >= 4 is 17.6 Å². The molecule has 0 unspecified atom stereocenters. The third-order valence-corrected chi connectivity index (χ3v) is 3.61. The van der Waals surface area contributed by atoms with Crippen LogP contribution in [0.5, 0.6) is 0 Å². The van der Waals surface area contributed by atoms with Gasteiger partial charge >= 0.3 is 5.97 Å². The molecule has 0 aliphatic rings. The topological polar surface area (TPSA) is 98.0 Å². The summed E-state index contributed by atoms with van der Waals surface area (Å²) < 4.78 is 16.1. The monoisotopic (exact) mass is 361 g/mol. The molecule has 0 spiro atoms. The number of aryl methyl sites for hydroxylation is 1. The molecule has 2 N–H and O–H groups in total. The molecule has 1 aromatic carbocycles. The molecule has 1 amide bonds. The number of rotatable bonds is 10. The second-order valence-electron chi connectivity index (χ2n) is 5.51. The summed E-state index contributed by atoms with van der Waals surface area (Å²) in [6.45, 7) is 5.78. The molecule has 2 rings (SSSR count). The van der Waals surface area contributed by atoms with Crippen molar-refractivity contribution in [2.45, 2.75) is 26.9 Å². The first-order valence-corrected chi connectivity index (χ1v) is 8.46. The van der Waals surface area contributed by atoms with Crippen LogP contribution in [-0.2, 0) is 22.5 Å². The SMILES string of the molecule is CCOCCOCc1cccc(NC(=O)c2cc(C(=O)O)c(CC)o2)c1. The standard InChI is InChI=1S/C19H23NO6/c1-3-16-15(19(22)23)11-17(26-16)18(21)20-14-7-5-6-13(10-14)12-25-9-8-24-4-2/h5-7,10-11H,3-4,8-9,12H2,1-2H3,(H,20,21)(H,22,23). The zero-order chi connectivity index (χ0) is 18.9. The lowest BCUT2D eigenvalue weighted by Gasteiger charge is -2.07. The molecule has 0 aliphatic heterocycles. The highest BCUT2D eigenvalue weighted by Crippen LogP contribution is 2.19. The van der Waals surface area contributed by atoms with Crippen LogP contribution in [0.2, 0.25) is 0 Å². The van der Waals surface area contributed by atoms with Crippen LogP contribution >= 0.6 is 0 Å². The minimum Gasteiger partial charge on any atom is -0.478 e. The minimum atomic E-state index is -1.11. The van der Waals surface area contributed by atoms with E-state index in [0.29, 0.717) is 38.5 Å². The molecular weight excluding hydrogens is 338 g/mol. The van der Waals surface area contributed by atoms with Crippen molar-refractivity contribution in [3.63, 3.8) is 0 Å². The molecule has 0 atom stereocenters. The molecule has 7 heteroatoms. The van der Waals surface area contributed by atoms with E-state index >= 15 is 0 Å². The van der Waals surface area contributed by atoms with E-state index in [0.717, 1.165) is 5.56 Å².